The first kappa shape index (κ1) is 12.8. The van der Waals surface area contributed by atoms with E-state index in [9.17, 15) is 0 Å². The second-order valence-corrected chi connectivity index (χ2v) is 5.70. The normalized spacial score (nSPS) is 18.8. The predicted octanol–water partition coefficient (Wildman–Crippen LogP) is 3.39. The van der Waals surface area contributed by atoms with Gasteiger partial charge in [0.1, 0.15) is 0 Å². The minimum absolute atomic E-state index is 0.361. The molecule has 19 heavy (non-hydrogen) atoms. The number of pyridine rings is 1. The number of imidazole rings is 1. The van der Waals surface area contributed by atoms with Crippen molar-refractivity contribution in [2.24, 2.45) is 5.92 Å². The van der Waals surface area contributed by atoms with Crippen LogP contribution in [0.3, 0.4) is 0 Å². The van der Waals surface area contributed by atoms with Gasteiger partial charge in [-0.1, -0.05) is 0 Å². The van der Waals surface area contributed by atoms with Crippen molar-refractivity contribution >= 4 is 23.4 Å². The summed E-state index contributed by atoms with van der Waals surface area (Å²) in [4.78, 5) is 7.90. The fourth-order valence-electron chi connectivity index (χ4n) is 2.88. The van der Waals surface area contributed by atoms with Crippen LogP contribution in [0.4, 0.5) is 0 Å². The molecule has 0 radical (unpaired) electrons. The lowest BCUT2D eigenvalue weighted by atomic mass is 9.93. The van der Waals surface area contributed by atoms with Crippen LogP contribution in [0.15, 0.2) is 12.1 Å². The summed E-state index contributed by atoms with van der Waals surface area (Å²) in [6.07, 6.45) is 2.20. The number of aromatic amines is 1. The average Bonchev–Trinajstić information content (AvgIpc) is 2.74. The molecule has 0 bridgehead atoms. The lowest BCUT2D eigenvalue weighted by Gasteiger charge is -2.28. The Hall–Kier alpha value is -1.20. The van der Waals surface area contributed by atoms with E-state index in [1.807, 2.05) is 13.0 Å². The number of nitrogens with one attached hydrogen (secondary N) is 1. The average molecular weight is 277 g/mol. The summed E-state index contributed by atoms with van der Waals surface area (Å²) in [5.41, 5.74) is 3.02. The van der Waals surface area contributed by atoms with E-state index in [1.54, 1.807) is 0 Å². The highest BCUT2D eigenvalue weighted by Gasteiger charge is 2.24. The zero-order valence-corrected chi connectivity index (χ0v) is 12.2. The summed E-state index contributed by atoms with van der Waals surface area (Å²) in [7, 11) is 0. The van der Waals surface area contributed by atoms with Crippen LogP contribution in [0.5, 0.6) is 0 Å². The van der Waals surface area contributed by atoms with Gasteiger partial charge in [-0.15, -0.1) is 0 Å². The van der Waals surface area contributed by atoms with E-state index in [0.29, 0.717) is 12.0 Å². The number of fused-ring (bicyclic) bond motifs is 1. The Labute approximate surface area is 117 Å². The van der Waals surface area contributed by atoms with Gasteiger partial charge in [0.05, 0.1) is 5.52 Å². The molecule has 3 heterocycles. The van der Waals surface area contributed by atoms with Crippen LogP contribution in [0.25, 0.3) is 11.2 Å². The maximum absolute atomic E-state index is 5.48. The molecule has 0 amide bonds. The predicted molar refractivity (Wildman–Crippen MR) is 77.9 cm³/mol. The van der Waals surface area contributed by atoms with Crippen LogP contribution in [-0.2, 0) is 4.74 Å². The number of hydrogen-bond donors (Lipinski definition) is 1. The van der Waals surface area contributed by atoms with Gasteiger partial charge in [-0.2, -0.15) is 0 Å². The third-order valence-corrected chi connectivity index (χ3v) is 4.36. The second kappa shape index (κ2) is 5.06. The summed E-state index contributed by atoms with van der Waals surface area (Å²) in [6, 6.07) is 4.43. The van der Waals surface area contributed by atoms with Crippen molar-refractivity contribution in [3.63, 3.8) is 0 Å². The van der Waals surface area contributed by atoms with Crippen LogP contribution in [0.2, 0.25) is 0 Å². The molecule has 2 aromatic rings. The highest BCUT2D eigenvalue weighted by molar-refractivity contribution is 7.71. The maximum atomic E-state index is 5.48. The molecule has 1 N–H and O–H groups in total. The lowest BCUT2D eigenvalue weighted by Crippen LogP contribution is -2.24. The number of H-pyrrole nitrogens is 1. The van der Waals surface area contributed by atoms with E-state index in [0.717, 1.165) is 47.7 Å². The molecule has 5 heteroatoms. The molecule has 102 valence electrons. The SMILES string of the molecule is Cc1ccc2[nH]c(=S)n(C(C)C3CCOCC3)c2n1. The van der Waals surface area contributed by atoms with Gasteiger partial charge in [-0.25, -0.2) is 4.98 Å². The van der Waals surface area contributed by atoms with Gasteiger partial charge in [0.25, 0.3) is 0 Å². The molecule has 0 spiro atoms. The molecule has 1 atom stereocenters. The standard InChI is InChI=1S/C14H19N3OS/c1-9-3-4-12-13(15-9)17(14(19)16-12)10(2)11-5-7-18-8-6-11/h3-4,10-11H,5-8H2,1-2H3,(H,16,19). The van der Waals surface area contributed by atoms with E-state index >= 15 is 0 Å². The monoisotopic (exact) mass is 277 g/mol. The highest BCUT2D eigenvalue weighted by Crippen LogP contribution is 2.30. The second-order valence-electron chi connectivity index (χ2n) is 5.31. The zero-order chi connectivity index (χ0) is 13.4. The van der Waals surface area contributed by atoms with Crippen molar-refractivity contribution < 1.29 is 4.74 Å². The Bertz CT molecular complexity index is 640. The summed E-state index contributed by atoms with van der Waals surface area (Å²) in [6.45, 7) is 5.97. The summed E-state index contributed by atoms with van der Waals surface area (Å²) in [5, 5.41) is 0. The van der Waals surface area contributed by atoms with Crippen LogP contribution in [-0.4, -0.2) is 27.7 Å². The first-order chi connectivity index (χ1) is 9.16. The molecule has 0 saturated carbocycles. The molecule has 1 aliphatic heterocycles. The van der Waals surface area contributed by atoms with Crippen molar-refractivity contribution in [2.45, 2.75) is 32.7 Å². The Morgan fingerprint density at radius 3 is 2.89 bits per heavy atom. The van der Waals surface area contributed by atoms with Crippen LogP contribution < -0.4 is 0 Å². The number of aromatic nitrogens is 3. The molecule has 2 aromatic heterocycles. The third-order valence-electron chi connectivity index (χ3n) is 4.06. The summed E-state index contributed by atoms with van der Waals surface area (Å²) in [5.74, 6) is 0.613. The van der Waals surface area contributed by atoms with Crippen molar-refractivity contribution in [2.75, 3.05) is 13.2 Å². The first-order valence-electron chi connectivity index (χ1n) is 6.82. The molecule has 1 fully saturated rings. The van der Waals surface area contributed by atoms with Crippen molar-refractivity contribution in [1.29, 1.82) is 0 Å². The molecule has 1 unspecified atom stereocenters. The van der Waals surface area contributed by atoms with E-state index in [2.05, 4.69) is 27.5 Å². The molecule has 1 saturated heterocycles. The van der Waals surface area contributed by atoms with E-state index in [1.165, 1.54) is 0 Å². The molecule has 0 aromatic carbocycles. The van der Waals surface area contributed by atoms with Gasteiger partial charge in [0.15, 0.2) is 10.4 Å². The molecule has 1 aliphatic rings. The minimum atomic E-state index is 0.361. The van der Waals surface area contributed by atoms with Crippen LogP contribution in [0.1, 0.15) is 31.5 Å². The molecule has 4 nitrogen and oxygen atoms in total. The summed E-state index contributed by atoms with van der Waals surface area (Å²) >= 11 is 5.48. The van der Waals surface area contributed by atoms with E-state index in [-0.39, 0.29) is 0 Å². The number of hydrogen-bond acceptors (Lipinski definition) is 3. The summed E-state index contributed by atoms with van der Waals surface area (Å²) < 4.78 is 8.39. The fourth-order valence-corrected chi connectivity index (χ4v) is 3.25. The number of aryl methyl sites for hydroxylation is 1. The largest absolute Gasteiger partial charge is 0.381 e. The van der Waals surface area contributed by atoms with E-state index < -0.39 is 0 Å². The Balaban J connectivity index is 2.05. The molecular weight excluding hydrogens is 258 g/mol. The number of ether oxygens (including phenoxy) is 1. The van der Waals surface area contributed by atoms with Crippen LogP contribution >= 0.6 is 12.2 Å². The van der Waals surface area contributed by atoms with Crippen molar-refractivity contribution in [1.82, 2.24) is 14.5 Å². The topological polar surface area (TPSA) is 42.8 Å². The zero-order valence-electron chi connectivity index (χ0n) is 11.3. The van der Waals surface area contributed by atoms with Gasteiger partial charge in [0.2, 0.25) is 0 Å². The molecular formula is C14H19N3OS. The Morgan fingerprint density at radius 1 is 1.42 bits per heavy atom. The smallest absolute Gasteiger partial charge is 0.179 e. The van der Waals surface area contributed by atoms with Crippen molar-refractivity contribution in [3.8, 4) is 0 Å². The van der Waals surface area contributed by atoms with Crippen LogP contribution in [0, 0.1) is 17.6 Å². The first-order valence-corrected chi connectivity index (χ1v) is 7.23. The Morgan fingerprint density at radius 2 is 2.16 bits per heavy atom. The number of nitrogens with zero attached hydrogens (tertiary/aromatic N) is 2. The highest BCUT2D eigenvalue weighted by atomic mass is 32.1. The molecule has 3 rings (SSSR count). The lowest BCUT2D eigenvalue weighted by molar-refractivity contribution is 0.0516. The quantitative estimate of drug-likeness (QED) is 0.856. The van der Waals surface area contributed by atoms with Gasteiger partial charge < -0.3 is 9.72 Å². The minimum Gasteiger partial charge on any atom is -0.381 e. The van der Waals surface area contributed by atoms with Gasteiger partial charge in [-0.05, 0) is 57.0 Å². The van der Waals surface area contributed by atoms with E-state index in [4.69, 9.17) is 17.0 Å². The van der Waals surface area contributed by atoms with Gasteiger partial charge in [-0.3, -0.25) is 4.57 Å². The Kier molecular flexibility index (Phi) is 3.41. The third kappa shape index (κ3) is 2.32. The van der Waals surface area contributed by atoms with Gasteiger partial charge >= 0.3 is 0 Å². The van der Waals surface area contributed by atoms with Gasteiger partial charge in [0, 0.05) is 24.9 Å². The number of rotatable bonds is 2. The maximum Gasteiger partial charge on any atom is 0.179 e. The molecule has 0 aliphatic carbocycles. The fraction of sp³-hybridized carbons (Fsp3) is 0.571. The van der Waals surface area contributed by atoms with Crippen molar-refractivity contribution in [3.05, 3.63) is 22.6 Å².